The molecule has 134 valence electrons. The zero-order chi connectivity index (χ0) is 18.4. The molecule has 0 fully saturated rings. The average Bonchev–Trinajstić information content (AvgIpc) is 3.11. The highest BCUT2D eigenvalue weighted by Gasteiger charge is 2.17. The molecule has 1 amide bonds. The van der Waals surface area contributed by atoms with E-state index in [-0.39, 0.29) is 11.7 Å². The first-order chi connectivity index (χ1) is 12.7. The first kappa shape index (κ1) is 17.9. The van der Waals surface area contributed by atoms with Crippen LogP contribution < -0.4 is 10.6 Å². The van der Waals surface area contributed by atoms with Crippen molar-refractivity contribution >= 4 is 23.6 Å². The van der Waals surface area contributed by atoms with Gasteiger partial charge in [0.15, 0.2) is 5.16 Å². The molecule has 2 N–H and O–H groups in total. The number of carbonyl (C=O) groups is 1. The number of amides is 1. The van der Waals surface area contributed by atoms with Gasteiger partial charge in [-0.2, -0.15) is 0 Å². The molecule has 2 heterocycles. The van der Waals surface area contributed by atoms with Gasteiger partial charge in [0.05, 0.1) is 6.20 Å². The molecule has 0 spiro atoms. The van der Waals surface area contributed by atoms with Crippen molar-refractivity contribution in [3.8, 4) is 5.69 Å². The van der Waals surface area contributed by atoms with E-state index in [0.717, 1.165) is 0 Å². The molecule has 0 saturated carbocycles. The highest BCUT2D eigenvalue weighted by atomic mass is 32.2. The lowest BCUT2D eigenvalue weighted by Gasteiger charge is -2.11. The van der Waals surface area contributed by atoms with Crippen LogP contribution in [0, 0.1) is 5.82 Å². The molecule has 0 aliphatic carbocycles. The summed E-state index contributed by atoms with van der Waals surface area (Å²) in [7, 11) is 0. The number of nitrogens with zero attached hydrogens (tertiary/aromatic N) is 4. The third kappa shape index (κ3) is 4.17. The summed E-state index contributed by atoms with van der Waals surface area (Å²) >= 11 is 1.41. The molecular weight excluding hydrogens is 355 g/mol. The van der Waals surface area contributed by atoms with Gasteiger partial charge in [-0.05, 0) is 36.6 Å². The SMILES string of the molecule is CSc1ncc(C(=O)NCCNc2ncccn2)n1-c1ccc(F)cc1. The molecule has 26 heavy (non-hydrogen) atoms. The van der Waals surface area contributed by atoms with E-state index in [2.05, 4.69) is 25.6 Å². The maximum absolute atomic E-state index is 13.2. The summed E-state index contributed by atoms with van der Waals surface area (Å²) in [5.74, 6) is -0.0968. The van der Waals surface area contributed by atoms with E-state index in [1.54, 1.807) is 35.2 Å². The molecule has 7 nitrogen and oxygen atoms in total. The van der Waals surface area contributed by atoms with Crippen LogP contribution in [0.3, 0.4) is 0 Å². The molecule has 0 saturated heterocycles. The fourth-order valence-corrected chi connectivity index (χ4v) is 2.85. The first-order valence-electron chi connectivity index (χ1n) is 7.86. The Morgan fingerprint density at radius 1 is 1.15 bits per heavy atom. The third-order valence-electron chi connectivity index (χ3n) is 3.49. The van der Waals surface area contributed by atoms with E-state index in [1.165, 1.54) is 30.1 Å². The van der Waals surface area contributed by atoms with E-state index >= 15 is 0 Å². The Morgan fingerprint density at radius 2 is 1.88 bits per heavy atom. The van der Waals surface area contributed by atoms with Gasteiger partial charge in [-0.15, -0.1) is 0 Å². The van der Waals surface area contributed by atoms with Crippen LogP contribution in [-0.2, 0) is 0 Å². The summed E-state index contributed by atoms with van der Waals surface area (Å²) in [4.78, 5) is 24.9. The number of carbonyl (C=O) groups excluding carboxylic acids is 1. The van der Waals surface area contributed by atoms with E-state index in [9.17, 15) is 9.18 Å². The average molecular weight is 372 g/mol. The van der Waals surface area contributed by atoms with Crippen LogP contribution in [0.2, 0.25) is 0 Å². The summed E-state index contributed by atoms with van der Waals surface area (Å²) in [6.07, 6.45) is 6.66. The molecule has 3 rings (SSSR count). The van der Waals surface area contributed by atoms with Gasteiger partial charge in [0.25, 0.3) is 5.91 Å². The molecule has 0 radical (unpaired) electrons. The monoisotopic (exact) mass is 372 g/mol. The van der Waals surface area contributed by atoms with Crippen molar-refractivity contribution in [2.45, 2.75) is 5.16 Å². The van der Waals surface area contributed by atoms with Gasteiger partial charge in [-0.1, -0.05) is 11.8 Å². The van der Waals surface area contributed by atoms with Crippen LogP contribution in [0.15, 0.2) is 54.1 Å². The molecule has 0 bridgehead atoms. The van der Waals surface area contributed by atoms with Crippen molar-refractivity contribution < 1.29 is 9.18 Å². The zero-order valence-electron chi connectivity index (χ0n) is 14.0. The number of nitrogens with one attached hydrogen (secondary N) is 2. The van der Waals surface area contributed by atoms with Gasteiger partial charge in [0.2, 0.25) is 5.95 Å². The number of imidazole rings is 1. The van der Waals surface area contributed by atoms with Gasteiger partial charge in [-0.25, -0.2) is 19.3 Å². The summed E-state index contributed by atoms with van der Waals surface area (Å²) in [5.41, 5.74) is 1.06. The van der Waals surface area contributed by atoms with Crippen molar-refractivity contribution in [1.29, 1.82) is 0 Å². The highest BCUT2D eigenvalue weighted by Crippen LogP contribution is 2.21. The number of halogens is 1. The first-order valence-corrected chi connectivity index (χ1v) is 9.08. The highest BCUT2D eigenvalue weighted by molar-refractivity contribution is 7.98. The number of hydrogen-bond donors (Lipinski definition) is 2. The summed E-state index contributed by atoms with van der Waals surface area (Å²) in [6.45, 7) is 0.871. The van der Waals surface area contributed by atoms with Crippen LogP contribution in [-0.4, -0.2) is 44.8 Å². The normalized spacial score (nSPS) is 10.5. The molecule has 0 aliphatic heterocycles. The summed E-state index contributed by atoms with van der Waals surface area (Å²) < 4.78 is 14.9. The molecule has 1 aromatic carbocycles. The van der Waals surface area contributed by atoms with Gasteiger partial charge >= 0.3 is 0 Å². The molecule has 2 aromatic heterocycles. The van der Waals surface area contributed by atoms with Crippen molar-refractivity contribution in [3.05, 3.63) is 60.4 Å². The minimum absolute atomic E-state index is 0.266. The number of rotatable bonds is 7. The van der Waals surface area contributed by atoms with Crippen LogP contribution in [0.25, 0.3) is 5.69 Å². The van der Waals surface area contributed by atoms with Gasteiger partial charge in [0.1, 0.15) is 11.5 Å². The second-order valence-electron chi connectivity index (χ2n) is 5.20. The second-order valence-corrected chi connectivity index (χ2v) is 5.97. The van der Waals surface area contributed by atoms with Gasteiger partial charge in [-0.3, -0.25) is 9.36 Å². The Balaban J connectivity index is 1.67. The maximum Gasteiger partial charge on any atom is 0.270 e. The van der Waals surface area contributed by atoms with Crippen LogP contribution in [0.1, 0.15) is 10.5 Å². The lowest BCUT2D eigenvalue weighted by Crippen LogP contribution is -2.30. The number of aromatic nitrogens is 4. The third-order valence-corrected chi connectivity index (χ3v) is 4.14. The van der Waals surface area contributed by atoms with Crippen molar-refractivity contribution in [1.82, 2.24) is 24.8 Å². The zero-order valence-corrected chi connectivity index (χ0v) is 14.8. The van der Waals surface area contributed by atoms with Crippen molar-refractivity contribution in [2.24, 2.45) is 0 Å². The quantitative estimate of drug-likeness (QED) is 0.489. The molecule has 0 aliphatic rings. The number of hydrogen-bond acceptors (Lipinski definition) is 6. The molecule has 9 heteroatoms. The Morgan fingerprint density at radius 3 is 2.58 bits per heavy atom. The smallest absolute Gasteiger partial charge is 0.270 e. The predicted octanol–water partition coefficient (Wildman–Crippen LogP) is 2.37. The fourth-order valence-electron chi connectivity index (χ4n) is 2.31. The van der Waals surface area contributed by atoms with Crippen LogP contribution in [0.4, 0.5) is 10.3 Å². The summed E-state index contributed by atoms with van der Waals surface area (Å²) in [5, 5.41) is 6.49. The largest absolute Gasteiger partial charge is 0.352 e. The Labute approximate surface area is 154 Å². The Bertz CT molecular complexity index is 869. The second kappa shape index (κ2) is 8.43. The van der Waals surface area contributed by atoms with E-state index in [0.29, 0.717) is 35.6 Å². The van der Waals surface area contributed by atoms with Gasteiger partial charge < -0.3 is 10.6 Å². The van der Waals surface area contributed by atoms with E-state index < -0.39 is 0 Å². The molecular formula is C17H17FN6OS. The van der Waals surface area contributed by atoms with Gasteiger partial charge in [0, 0.05) is 31.2 Å². The standard InChI is InChI=1S/C17H17FN6OS/c1-26-17-23-11-14(24(17)13-5-3-12(18)4-6-13)15(25)19-9-10-22-16-20-7-2-8-21-16/h2-8,11H,9-10H2,1H3,(H,19,25)(H,20,21,22). The molecule has 0 atom stereocenters. The Kier molecular flexibility index (Phi) is 5.80. The van der Waals surface area contributed by atoms with E-state index in [4.69, 9.17) is 0 Å². The summed E-state index contributed by atoms with van der Waals surface area (Å²) in [6, 6.07) is 7.66. The lowest BCUT2D eigenvalue weighted by atomic mass is 10.3. The topological polar surface area (TPSA) is 84.7 Å². The molecule has 3 aromatic rings. The van der Waals surface area contributed by atoms with Crippen molar-refractivity contribution in [3.63, 3.8) is 0 Å². The van der Waals surface area contributed by atoms with E-state index in [1.807, 2.05) is 6.26 Å². The van der Waals surface area contributed by atoms with Crippen molar-refractivity contribution in [2.75, 3.05) is 24.7 Å². The van der Waals surface area contributed by atoms with Crippen LogP contribution in [0.5, 0.6) is 0 Å². The minimum Gasteiger partial charge on any atom is -0.352 e. The lowest BCUT2D eigenvalue weighted by molar-refractivity contribution is 0.0948. The minimum atomic E-state index is -0.334. The maximum atomic E-state index is 13.2. The fraction of sp³-hybridized carbons (Fsp3) is 0.176. The number of thioether (sulfide) groups is 1. The van der Waals surface area contributed by atoms with Crippen LogP contribution >= 0.6 is 11.8 Å². The number of anilines is 1. The molecule has 0 unspecified atom stereocenters. The Hall–Kier alpha value is -2.94. The predicted molar refractivity (Wildman–Crippen MR) is 98.2 cm³/mol. The number of benzene rings is 1.